The van der Waals surface area contributed by atoms with Crippen LogP contribution in [0.15, 0.2) is 58.4 Å². The van der Waals surface area contributed by atoms with E-state index in [2.05, 4.69) is 46.8 Å². The number of aliphatic imine (C=N–C) groups is 1. The second-order valence-electron chi connectivity index (χ2n) is 6.37. The smallest absolute Gasteiger partial charge is 0.250 e. The van der Waals surface area contributed by atoms with E-state index in [-0.39, 0.29) is 29.5 Å². The molecule has 25 heavy (non-hydrogen) atoms. The Morgan fingerprint density at radius 2 is 1.88 bits per heavy atom. The molecule has 5 nitrogen and oxygen atoms in total. The van der Waals surface area contributed by atoms with Crippen molar-refractivity contribution in [2.24, 2.45) is 10.9 Å². The molecule has 0 amide bonds. The Morgan fingerprint density at radius 3 is 2.48 bits per heavy atom. The van der Waals surface area contributed by atoms with E-state index in [4.69, 9.17) is 0 Å². The minimum absolute atomic E-state index is 0. The minimum atomic E-state index is 0. The summed E-state index contributed by atoms with van der Waals surface area (Å²) < 4.78 is 1.70. The molecule has 2 N–H and O–H groups in total. The first-order valence-electron chi connectivity index (χ1n) is 8.36. The number of hydrogen-bond acceptors (Lipinski definition) is 2. The van der Waals surface area contributed by atoms with Crippen molar-refractivity contribution in [3.63, 3.8) is 0 Å². The van der Waals surface area contributed by atoms with E-state index in [9.17, 15) is 4.79 Å². The molecule has 6 heteroatoms. The Kier molecular flexibility index (Phi) is 7.04. The highest BCUT2D eigenvalue weighted by molar-refractivity contribution is 14.0. The molecule has 1 saturated carbocycles. The molecule has 1 aliphatic carbocycles. The predicted molar refractivity (Wildman–Crippen MR) is 113 cm³/mol. The van der Waals surface area contributed by atoms with Gasteiger partial charge in [-0.1, -0.05) is 37.3 Å². The second kappa shape index (κ2) is 9.03. The van der Waals surface area contributed by atoms with Crippen molar-refractivity contribution in [3.05, 3.63) is 70.1 Å². The van der Waals surface area contributed by atoms with Crippen LogP contribution in [0.2, 0.25) is 0 Å². The van der Waals surface area contributed by atoms with Crippen LogP contribution in [0.4, 0.5) is 0 Å². The first-order chi connectivity index (χ1) is 11.7. The molecule has 1 aliphatic rings. The third kappa shape index (κ3) is 5.59. The van der Waals surface area contributed by atoms with Gasteiger partial charge in [-0.15, -0.1) is 24.0 Å². The lowest BCUT2D eigenvalue weighted by atomic mass is 10.1. The first-order valence-corrected chi connectivity index (χ1v) is 8.36. The molecule has 1 aromatic carbocycles. The van der Waals surface area contributed by atoms with Crippen molar-refractivity contribution in [1.29, 1.82) is 0 Å². The van der Waals surface area contributed by atoms with Crippen LogP contribution in [0, 0.1) is 5.92 Å². The summed E-state index contributed by atoms with van der Waals surface area (Å²) >= 11 is 0. The standard InChI is InChI=1S/C19H24N4O.HI/c1-14-11-17(14)22-19(20-2)21-12-15-6-8-16(9-7-15)13-23-10-4-3-5-18(23)24;/h3-10,14,17H,11-13H2,1-2H3,(H2,20,21,22);1H. The molecule has 0 aliphatic heterocycles. The summed E-state index contributed by atoms with van der Waals surface area (Å²) in [5.74, 6) is 1.59. The molecule has 0 spiro atoms. The number of aromatic nitrogens is 1. The lowest BCUT2D eigenvalue weighted by Crippen LogP contribution is -2.38. The van der Waals surface area contributed by atoms with E-state index in [1.165, 1.54) is 12.0 Å². The summed E-state index contributed by atoms with van der Waals surface area (Å²) in [7, 11) is 1.79. The van der Waals surface area contributed by atoms with Crippen LogP contribution in [-0.4, -0.2) is 23.6 Å². The zero-order chi connectivity index (χ0) is 16.9. The summed E-state index contributed by atoms with van der Waals surface area (Å²) in [6.07, 6.45) is 3.03. The molecule has 0 saturated heterocycles. The lowest BCUT2D eigenvalue weighted by Gasteiger charge is -2.12. The van der Waals surface area contributed by atoms with Gasteiger partial charge in [0, 0.05) is 31.9 Å². The number of rotatable bonds is 5. The maximum absolute atomic E-state index is 11.8. The SMILES string of the molecule is CN=C(NCc1ccc(Cn2ccccc2=O)cc1)NC1CC1C.I. The molecule has 2 aromatic rings. The van der Waals surface area contributed by atoms with E-state index in [1.807, 2.05) is 12.3 Å². The van der Waals surface area contributed by atoms with E-state index in [0.717, 1.165) is 24.0 Å². The number of benzene rings is 1. The molecular formula is C19H25IN4O. The number of hydrogen-bond donors (Lipinski definition) is 2. The molecule has 2 atom stereocenters. The first kappa shape index (κ1) is 19.5. The number of halogens is 1. The molecule has 0 bridgehead atoms. The summed E-state index contributed by atoms with van der Waals surface area (Å²) in [4.78, 5) is 16.0. The van der Waals surface area contributed by atoms with Gasteiger partial charge in [-0.05, 0) is 29.5 Å². The molecule has 2 unspecified atom stereocenters. The van der Waals surface area contributed by atoms with Gasteiger partial charge in [0.15, 0.2) is 5.96 Å². The Bertz CT molecular complexity index is 769. The number of pyridine rings is 1. The molecule has 3 rings (SSSR count). The van der Waals surface area contributed by atoms with Gasteiger partial charge in [0.25, 0.3) is 5.56 Å². The summed E-state index contributed by atoms with van der Waals surface area (Å²) in [6.45, 7) is 3.56. The molecule has 0 radical (unpaired) electrons. The highest BCUT2D eigenvalue weighted by atomic mass is 127. The van der Waals surface area contributed by atoms with Crippen LogP contribution >= 0.6 is 24.0 Å². The van der Waals surface area contributed by atoms with Gasteiger partial charge in [0.1, 0.15) is 0 Å². The number of nitrogens with zero attached hydrogens (tertiary/aromatic N) is 2. The third-order valence-corrected chi connectivity index (χ3v) is 4.39. The van der Waals surface area contributed by atoms with Gasteiger partial charge in [-0.2, -0.15) is 0 Å². The summed E-state index contributed by atoms with van der Waals surface area (Å²) in [5, 5.41) is 6.75. The van der Waals surface area contributed by atoms with Crippen molar-refractivity contribution in [1.82, 2.24) is 15.2 Å². The fourth-order valence-electron chi connectivity index (χ4n) is 2.63. The Labute approximate surface area is 165 Å². The topological polar surface area (TPSA) is 58.4 Å². The van der Waals surface area contributed by atoms with Gasteiger partial charge in [-0.25, -0.2) is 0 Å². The second-order valence-corrected chi connectivity index (χ2v) is 6.37. The Morgan fingerprint density at radius 1 is 1.20 bits per heavy atom. The quantitative estimate of drug-likeness (QED) is 0.417. The van der Waals surface area contributed by atoms with Crippen molar-refractivity contribution in [2.45, 2.75) is 32.5 Å². The largest absolute Gasteiger partial charge is 0.353 e. The zero-order valence-electron chi connectivity index (χ0n) is 14.6. The number of nitrogens with one attached hydrogen (secondary N) is 2. The van der Waals surface area contributed by atoms with Crippen molar-refractivity contribution >= 4 is 29.9 Å². The van der Waals surface area contributed by atoms with Gasteiger partial charge in [0.2, 0.25) is 0 Å². The average Bonchev–Trinajstić information content (AvgIpc) is 3.29. The normalized spacial score (nSPS) is 19.0. The van der Waals surface area contributed by atoms with E-state index in [1.54, 1.807) is 23.7 Å². The highest BCUT2D eigenvalue weighted by Gasteiger charge is 2.33. The molecule has 1 aromatic heterocycles. The van der Waals surface area contributed by atoms with Crippen LogP contribution in [0.1, 0.15) is 24.5 Å². The van der Waals surface area contributed by atoms with Gasteiger partial charge in [0.05, 0.1) is 6.54 Å². The van der Waals surface area contributed by atoms with Crippen LogP contribution in [0.3, 0.4) is 0 Å². The zero-order valence-corrected chi connectivity index (χ0v) is 16.9. The van der Waals surface area contributed by atoms with E-state index < -0.39 is 0 Å². The average molecular weight is 452 g/mol. The van der Waals surface area contributed by atoms with Crippen LogP contribution in [-0.2, 0) is 13.1 Å². The minimum Gasteiger partial charge on any atom is -0.353 e. The summed E-state index contributed by atoms with van der Waals surface area (Å²) in [6, 6.07) is 14.1. The van der Waals surface area contributed by atoms with Gasteiger partial charge >= 0.3 is 0 Å². The molecule has 1 fully saturated rings. The Balaban J connectivity index is 0.00000225. The highest BCUT2D eigenvalue weighted by Crippen LogP contribution is 2.28. The van der Waals surface area contributed by atoms with Crippen molar-refractivity contribution in [2.75, 3.05) is 7.05 Å². The van der Waals surface area contributed by atoms with Crippen LogP contribution in [0.25, 0.3) is 0 Å². The third-order valence-electron chi connectivity index (χ3n) is 4.39. The van der Waals surface area contributed by atoms with E-state index in [0.29, 0.717) is 12.6 Å². The van der Waals surface area contributed by atoms with Crippen LogP contribution in [0.5, 0.6) is 0 Å². The molecule has 134 valence electrons. The van der Waals surface area contributed by atoms with Gasteiger partial charge in [-0.3, -0.25) is 9.79 Å². The fourth-order valence-corrected chi connectivity index (χ4v) is 2.63. The molecule has 1 heterocycles. The van der Waals surface area contributed by atoms with Crippen molar-refractivity contribution < 1.29 is 0 Å². The lowest BCUT2D eigenvalue weighted by molar-refractivity contribution is 0.755. The Hall–Kier alpha value is -1.83. The number of guanidine groups is 1. The summed E-state index contributed by atoms with van der Waals surface area (Å²) in [5.41, 5.74) is 2.32. The monoisotopic (exact) mass is 452 g/mol. The predicted octanol–water partition coefficient (Wildman–Crippen LogP) is 2.59. The fraction of sp³-hybridized carbons (Fsp3) is 0.368. The maximum atomic E-state index is 11.8. The molecular weight excluding hydrogens is 427 g/mol. The van der Waals surface area contributed by atoms with Crippen LogP contribution < -0.4 is 16.2 Å². The van der Waals surface area contributed by atoms with E-state index >= 15 is 0 Å². The van der Waals surface area contributed by atoms with Crippen molar-refractivity contribution in [3.8, 4) is 0 Å². The van der Waals surface area contributed by atoms with Gasteiger partial charge < -0.3 is 15.2 Å². The maximum Gasteiger partial charge on any atom is 0.250 e.